The van der Waals surface area contributed by atoms with Crippen LogP contribution in [0.4, 0.5) is 4.79 Å². The Bertz CT molecular complexity index is 944. The minimum Gasteiger partial charge on any atom is -0.444 e. The number of likely N-dealkylation sites (tertiary alicyclic amines) is 1. The van der Waals surface area contributed by atoms with Gasteiger partial charge in [0.05, 0.1) is 0 Å². The van der Waals surface area contributed by atoms with Gasteiger partial charge in [0.15, 0.2) is 0 Å². The van der Waals surface area contributed by atoms with Crippen LogP contribution in [0.1, 0.15) is 74.7 Å². The molecule has 1 amide bonds. The molecule has 1 aliphatic rings. The fraction of sp³-hybridized carbons (Fsp3) is 0.581. The van der Waals surface area contributed by atoms with Crippen molar-refractivity contribution in [3.8, 4) is 0 Å². The third-order valence-corrected chi connectivity index (χ3v) is 12.1. The molecule has 204 valence electrons. The topological polar surface area (TPSA) is 50.8 Å². The lowest BCUT2D eigenvalue weighted by atomic mass is 9.96. The van der Waals surface area contributed by atoms with Gasteiger partial charge in [-0.25, -0.2) is 4.79 Å². The molecule has 6 heteroatoms. The monoisotopic (exact) mass is 524 g/mol. The molecule has 1 fully saturated rings. The molecule has 0 bridgehead atoms. The molecule has 1 heterocycles. The Balaban J connectivity index is 1.86. The van der Waals surface area contributed by atoms with Gasteiger partial charge in [-0.3, -0.25) is 0 Å². The van der Waals surface area contributed by atoms with Crippen LogP contribution in [-0.2, 0) is 9.16 Å². The van der Waals surface area contributed by atoms with E-state index in [1.165, 1.54) is 10.4 Å². The highest BCUT2D eigenvalue weighted by Gasteiger charge is 2.50. The van der Waals surface area contributed by atoms with Crippen molar-refractivity contribution >= 4 is 24.8 Å². The molecule has 0 radical (unpaired) electrons. The molecular weight excluding hydrogens is 476 g/mol. The molecule has 5 nitrogen and oxygen atoms in total. The number of rotatable bonds is 8. The van der Waals surface area contributed by atoms with Gasteiger partial charge in [-0.05, 0) is 55.4 Å². The molecular formula is C31H48N2O3Si. The van der Waals surface area contributed by atoms with Crippen molar-refractivity contribution in [2.75, 3.05) is 13.2 Å². The fourth-order valence-electron chi connectivity index (χ4n) is 5.59. The number of amides is 1. The lowest BCUT2D eigenvalue weighted by molar-refractivity contribution is 0.00275. The molecule has 0 saturated carbocycles. The summed E-state index contributed by atoms with van der Waals surface area (Å²) < 4.78 is 13.0. The molecule has 3 rings (SSSR count). The van der Waals surface area contributed by atoms with Crippen molar-refractivity contribution in [1.82, 2.24) is 10.2 Å². The minimum absolute atomic E-state index is 0.0700. The van der Waals surface area contributed by atoms with Crippen LogP contribution >= 0.6 is 0 Å². The van der Waals surface area contributed by atoms with Crippen LogP contribution in [0.5, 0.6) is 0 Å². The van der Waals surface area contributed by atoms with Gasteiger partial charge in [-0.15, -0.1) is 0 Å². The Kier molecular flexibility index (Phi) is 9.65. The third-order valence-electron chi connectivity index (χ3n) is 7.09. The summed E-state index contributed by atoms with van der Waals surface area (Å²) in [6.07, 6.45) is 2.55. The predicted molar refractivity (Wildman–Crippen MR) is 156 cm³/mol. The van der Waals surface area contributed by atoms with Gasteiger partial charge in [0.1, 0.15) is 5.60 Å². The van der Waals surface area contributed by atoms with Gasteiger partial charge in [-0.1, -0.05) is 95.3 Å². The zero-order chi connectivity index (χ0) is 27.3. The van der Waals surface area contributed by atoms with Crippen LogP contribution < -0.4 is 15.7 Å². The molecule has 37 heavy (non-hydrogen) atoms. The number of carbonyl (C=O) groups is 1. The van der Waals surface area contributed by atoms with E-state index in [1.54, 1.807) is 0 Å². The Morgan fingerprint density at radius 2 is 1.49 bits per heavy atom. The minimum atomic E-state index is -2.60. The first kappa shape index (κ1) is 29.4. The maximum absolute atomic E-state index is 13.3. The van der Waals surface area contributed by atoms with Crippen molar-refractivity contribution in [3.05, 3.63) is 60.7 Å². The summed E-state index contributed by atoms with van der Waals surface area (Å²) in [4.78, 5) is 15.2. The van der Waals surface area contributed by atoms with E-state index in [2.05, 4.69) is 101 Å². The SMILES string of the molecule is CC(C)N[C@@H]1CCC(CCO[Si](c2ccccc2)(c2ccccc2)C(C)(C)C)N(C(=O)OC(C)(C)C)C1. The molecule has 0 spiro atoms. The first-order chi connectivity index (χ1) is 17.3. The number of hydrogen-bond donors (Lipinski definition) is 1. The highest BCUT2D eigenvalue weighted by atomic mass is 28.4. The van der Waals surface area contributed by atoms with Gasteiger partial charge >= 0.3 is 6.09 Å². The summed E-state index contributed by atoms with van der Waals surface area (Å²) in [5.74, 6) is 0. The van der Waals surface area contributed by atoms with Crippen LogP contribution in [0.15, 0.2) is 60.7 Å². The smallest absolute Gasteiger partial charge is 0.410 e. The molecule has 2 aromatic rings. The standard InChI is InChI=1S/C31H48N2O3Si/c1-24(2)32-25-19-20-26(33(23-25)29(34)36-30(3,4)5)21-22-35-37(31(6,7)8,27-15-11-9-12-16-27)28-17-13-10-14-18-28/h9-18,24-26,32H,19-23H2,1-8H3/t25-,26?/m1/s1. The van der Waals surface area contributed by atoms with Crippen molar-refractivity contribution in [1.29, 1.82) is 0 Å². The molecule has 1 aliphatic heterocycles. The van der Waals surface area contributed by atoms with E-state index in [1.807, 2.05) is 25.7 Å². The number of carbonyl (C=O) groups excluding carboxylic acids is 1. The van der Waals surface area contributed by atoms with E-state index >= 15 is 0 Å². The third kappa shape index (κ3) is 7.46. The molecule has 1 N–H and O–H groups in total. The van der Waals surface area contributed by atoms with Crippen LogP contribution in [0.3, 0.4) is 0 Å². The largest absolute Gasteiger partial charge is 0.444 e. The van der Waals surface area contributed by atoms with Crippen molar-refractivity contribution < 1.29 is 14.0 Å². The zero-order valence-corrected chi connectivity index (χ0v) is 25.2. The van der Waals surface area contributed by atoms with E-state index in [9.17, 15) is 4.79 Å². The van der Waals surface area contributed by atoms with E-state index in [0.29, 0.717) is 19.2 Å². The first-order valence-electron chi connectivity index (χ1n) is 13.8. The van der Waals surface area contributed by atoms with Gasteiger partial charge < -0.3 is 19.4 Å². The van der Waals surface area contributed by atoms with E-state index in [-0.39, 0.29) is 23.2 Å². The molecule has 2 atom stereocenters. The van der Waals surface area contributed by atoms with Gasteiger partial charge in [0.25, 0.3) is 8.32 Å². The number of benzene rings is 2. The number of hydrogen-bond acceptors (Lipinski definition) is 4. The van der Waals surface area contributed by atoms with Crippen LogP contribution in [-0.4, -0.2) is 56.2 Å². The van der Waals surface area contributed by atoms with E-state index < -0.39 is 13.9 Å². The second-order valence-electron chi connectivity index (χ2n) is 12.7. The molecule has 1 unspecified atom stereocenters. The fourth-order valence-corrected chi connectivity index (χ4v) is 10.2. The second kappa shape index (κ2) is 12.1. The Labute approximate surface area is 226 Å². The van der Waals surface area contributed by atoms with Crippen LogP contribution in [0.2, 0.25) is 5.04 Å². The lowest BCUT2D eigenvalue weighted by Gasteiger charge is -2.44. The van der Waals surface area contributed by atoms with E-state index in [0.717, 1.165) is 19.3 Å². The summed E-state index contributed by atoms with van der Waals surface area (Å²) >= 11 is 0. The maximum Gasteiger partial charge on any atom is 0.410 e. The van der Waals surface area contributed by atoms with Crippen LogP contribution in [0.25, 0.3) is 0 Å². The molecule has 1 saturated heterocycles. The summed E-state index contributed by atoms with van der Waals surface area (Å²) in [5.41, 5.74) is -0.522. The van der Waals surface area contributed by atoms with Gasteiger partial charge in [0.2, 0.25) is 0 Å². The Morgan fingerprint density at radius 3 is 1.95 bits per heavy atom. The first-order valence-corrected chi connectivity index (χ1v) is 15.7. The summed E-state index contributed by atoms with van der Waals surface area (Å²) in [6.45, 7) is 18.3. The number of piperidine rings is 1. The number of ether oxygens (including phenoxy) is 1. The van der Waals surface area contributed by atoms with Crippen molar-refractivity contribution in [2.24, 2.45) is 0 Å². The summed E-state index contributed by atoms with van der Waals surface area (Å²) in [6, 6.07) is 22.2. The Hall–Kier alpha value is -2.15. The van der Waals surface area contributed by atoms with Gasteiger partial charge in [0, 0.05) is 31.3 Å². The summed E-state index contributed by atoms with van der Waals surface area (Å²) in [5, 5.41) is 6.11. The van der Waals surface area contributed by atoms with Crippen molar-refractivity contribution in [2.45, 2.75) is 103 Å². The zero-order valence-electron chi connectivity index (χ0n) is 24.2. The van der Waals surface area contributed by atoms with Crippen LogP contribution in [0, 0.1) is 0 Å². The normalized spacial score (nSPS) is 19.2. The number of nitrogens with one attached hydrogen (secondary N) is 1. The lowest BCUT2D eigenvalue weighted by Crippen LogP contribution is -2.66. The second-order valence-corrected chi connectivity index (χ2v) is 17.0. The molecule has 0 aromatic heterocycles. The molecule has 2 aromatic carbocycles. The average molecular weight is 525 g/mol. The predicted octanol–water partition coefficient (Wildman–Crippen LogP) is 5.72. The highest BCUT2D eigenvalue weighted by Crippen LogP contribution is 2.37. The van der Waals surface area contributed by atoms with Crippen molar-refractivity contribution in [3.63, 3.8) is 0 Å². The highest BCUT2D eigenvalue weighted by molar-refractivity contribution is 6.99. The quantitative estimate of drug-likeness (QED) is 0.449. The maximum atomic E-state index is 13.3. The van der Waals surface area contributed by atoms with E-state index in [4.69, 9.17) is 9.16 Å². The summed E-state index contributed by atoms with van der Waals surface area (Å²) in [7, 11) is -2.60. The number of nitrogens with zero attached hydrogens (tertiary/aromatic N) is 1. The van der Waals surface area contributed by atoms with Gasteiger partial charge in [-0.2, -0.15) is 0 Å². The average Bonchev–Trinajstić information content (AvgIpc) is 2.81. The Morgan fingerprint density at radius 1 is 0.946 bits per heavy atom. The molecule has 0 aliphatic carbocycles.